The van der Waals surface area contributed by atoms with Crippen LogP contribution in [-0.2, 0) is 10.8 Å². The highest BCUT2D eigenvalue weighted by Crippen LogP contribution is 2.07. The molecule has 1 unspecified atom stereocenters. The van der Waals surface area contributed by atoms with E-state index in [0.717, 1.165) is 12.2 Å². The third-order valence-corrected chi connectivity index (χ3v) is 4.07. The molecule has 1 atom stereocenters. The predicted octanol–water partition coefficient (Wildman–Crippen LogP) is 2.83. The summed E-state index contributed by atoms with van der Waals surface area (Å²) in [4.78, 5) is 0. The number of nitrogens with two attached hydrogens (primary N) is 1. The van der Waals surface area contributed by atoms with Crippen LogP contribution < -0.4 is 5.73 Å². The molecule has 0 saturated carbocycles. The van der Waals surface area contributed by atoms with E-state index in [4.69, 9.17) is 5.73 Å². The van der Waals surface area contributed by atoms with E-state index in [0.29, 0.717) is 5.75 Å². The van der Waals surface area contributed by atoms with Crippen molar-refractivity contribution in [2.75, 3.05) is 11.5 Å². The van der Waals surface area contributed by atoms with Crippen LogP contribution in [0.3, 0.4) is 0 Å². The molecule has 0 bridgehead atoms. The van der Waals surface area contributed by atoms with E-state index in [-0.39, 0.29) is 5.54 Å². The SMILES string of the molecule is CCCCCCCCS(=O)CC(C)(C)N. The lowest BCUT2D eigenvalue weighted by molar-refractivity contribution is 0.575. The molecule has 0 aromatic rings. The lowest BCUT2D eigenvalue weighted by Crippen LogP contribution is -2.38. The van der Waals surface area contributed by atoms with Crippen LogP contribution in [0.1, 0.15) is 59.3 Å². The average molecular weight is 233 g/mol. The summed E-state index contributed by atoms with van der Waals surface area (Å²) in [5.74, 6) is 1.45. The molecule has 2 N–H and O–H groups in total. The molecule has 3 heteroatoms. The van der Waals surface area contributed by atoms with Gasteiger partial charge in [-0.2, -0.15) is 0 Å². The Bertz CT molecular complexity index is 175. The molecular weight excluding hydrogens is 206 g/mol. The fraction of sp³-hybridized carbons (Fsp3) is 1.00. The van der Waals surface area contributed by atoms with Gasteiger partial charge in [0.2, 0.25) is 0 Å². The lowest BCUT2D eigenvalue weighted by Gasteiger charge is -2.17. The summed E-state index contributed by atoms with van der Waals surface area (Å²) in [5.41, 5.74) is 5.53. The van der Waals surface area contributed by atoms with Crippen molar-refractivity contribution in [3.8, 4) is 0 Å². The monoisotopic (exact) mass is 233 g/mol. The number of hydrogen-bond acceptors (Lipinski definition) is 2. The minimum Gasteiger partial charge on any atom is -0.325 e. The van der Waals surface area contributed by atoms with Crippen molar-refractivity contribution < 1.29 is 4.21 Å². The van der Waals surface area contributed by atoms with Gasteiger partial charge in [0.1, 0.15) is 0 Å². The molecule has 0 radical (unpaired) electrons. The van der Waals surface area contributed by atoms with Crippen molar-refractivity contribution >= 4 is 10.8 Å². The Labute approximate surface area is 97.5 Å². The average Bonchev–Trinajstić information content (AvgIpc) is 2.08. The van der Waals surface area contributed by atoms with Crippen LogP contribution in [0.15, 0.2) is 0 Å². The molecule has 0 aromatic carbocycles. The summed E-state index contributed by atoms with van der Waals surface area (Å²) in [6.45, 7) is 6.09. The Morgan fingerprint density at radius 2 is 1.60 bits per heavy atom. The maximum absolute atomic E-state index is 11.6. The van der Waals surface area contributed by atoms with Gasteiger partial charge in [-0.15, -0.1) is 0 Å². The second kappa shape index (κ2) is 8.28. The largest absolute Gasteiger partial charge is 0.325 e. The summed E-state index contributed by atoms with van der Waals surface area (Å²) in [6.07, 6.45) is 7.54. The van der Waals surface area contributed by atoms with Gasteiger partial charge in [-0.05, 0) is 20.3 Å². The molecule has 0 aliphatic carbocycles. The van der Waals surface area contributed by atoms with Crippen LogP contribution in [0, 0.1) is 0 Å². The van der Waals surface area contributed by atoms with Gasteiger partial charge in [0, 0.05) is 27.8 Å². The first kappa shape index (κ1) is 15.1. The molecule has 0 aliphatic rings. The van der Waals surface area contributed by atoms with Gasteiger partial charge in [-0.1, -0.05) is 39.0 Å². The second-order valence-electron chi connectivity index (χ2n) is 5.04. The van der Waals surface area contributed by atoms with E-state index >= 15 is 0 Å². The standard InChI is InChI=1S/C12H27NOS/c1-4-5-6-7-8-9-10-15(14)11-12(2,3)13/h4-11,13H2,1-3H3. The van der Waals surface area contributed by atoms with Gasteiger partial charge in [-0.25, -0.2) is 0 Å². The number of rotatable bonds is 9. The third kappa shape index (κ3) is 12.0. The molecule has 0 heterocycles. The number of hydrogen-bond donors (Lipinski definition) is 1. The zero-order chi connectivity index (χ0) is 11.7. The van der Waals surface area contributed by atoms with Gasteiger partial charge in [-0.3, -0.25) is 4.21 Å². The van der Waals surface area contributed by atoms with Crippen molar-refractivity contribution in [3.63, 3.8) is 0 Å². The lowest BCUT2D eigenvalue weighted by atomic mass is 10.1. The third-order valence-electron chi connectivity index (χ3n) is 2.26. The zero-order valence-electron chi connectivity index (χ0n) is 10.6. The van der Waals surface area contributed by atoms with Crippen LogP contribution in [0.4, 0.5) is 0 Å². The smallest absolute Gasteiger partial charge is 0.0409 e. The minimum absolute atomic E-state index is 0.285. The zero-order valence-corrected chi connectivity index (χ0v) is 11.4. The molecule has 2 nitrogen and oxygen atoms in total. The van der Waals surface area contributed by atoms with Gasteiger partial charge in [0.15, 0.2) is 0 Å². The summed E-state index contributed by atoms with van der Waals surface area (Å²) in [6, 6.07) is 0. The fourth-order valence-corrected chi connectivity index (χ4v) is 3.03. The van der Waals surface area contributed by atoms with E-state index in [9.17, 15) is 4.21 Å². The Morgan fingerprint density at radius 3 is 2.13 bits per heavy atom. The Morgan fingerprint density at radius 1 is 1.07 bits per heavy atom. The molecule has 0 spiro atoms. The summed E-state index contributed by atoms with van der Waals surface area (Å²) >= 11 is 0. The molecule has 0 aromatic heterocycles. The highest BCUT2D eigenvalue weighted by molar-refractivity contribution is 7.85. The Kier molecular flexibility index (Phi) is 8.34. The predicted molar refractivity (Wildman–Crippen MR) is 69.5 cm³/mol. The molecule has 0 aliphatic heterocycles. The van der Waals surface area contributed by atoms with Gasteiger partial charge in [0.05, 0.1) is 0 Å². The van der Waals surface area contributed by atoms with Crippen LogP contribution in [0.2, 0.25) is 0 Å². The highest BCUT2D eigenvalue weighted by Gasteiger charge is 2.14. The van der Waals surface area contributed by atoms with Crippen molar-refractivity contribution in [1.29, 1.82) is 0 Å². The maximum atomic E-state index is 11.6. The van der Waals surface area contributed by atoms with E-state index < -0.39 is 10.8 Å². The van der Waals surface area contributed by atoms with E-state index in [1.165, 1.54) is 32.1 Å². The molecular formula is C12H27NOS. The van der Waals surface area contributed by atoms with E-state index in [2.05, 4.69) is 6.92 Å². The normalized spacial score (nSPS) is 14.1. The van der Waals surface area contributed by atoms with E-state index in [1.807, 2.05) is 13.8 Å². The molecule has 15 heavy (non-hydrogen) atoms. The molecule has 92 valence electrons. The van der Waals surface area contributed by atoms with E-state index in [1.54, 1.807) is 0 Å². The molecule has 0 saturated heterocycles. The highest BCUT2D eigenvalue weighted by atomic mass is 32.2. The fourth-order valence-electron chi connectivity index (χ4n) is 1.53. The molecule has 0 rings (SSSR count). The molecule has 0 amide bonds. The maximum Gasteiger partial charge on any atom is 0.0409 e. The Hall–Kier alpha value is 0.110. The number of unbranched alkanes of at least 4 members (excludes halogenated alkanes) is 5. The van der Waals surface area contributed by atoms with Gasteiger partial charge in [0.25, 0.3) is 0 Å². The summed E-state index contributed by atoms with van der Waals surface area (Å²) in [5, 5.41) is 0. The van der Waals surface area contributed by atoms with Gasteiger partial charge >= 0.3 is 0 Å². The Balaban J connectivity index is 3.32. The van der Waals surface area contributed by atoms with Crippen molar-refractivity contribution in [1.82, 2.24) is 0 Å². The van der Waals surface area contributed by atoms with Crippen LogP contribution in [-0.4, -0.2) is 21.3 Å². The topological polar surface area (TPSA) is 43.1 Å². The first-order valence-corrected chi connectivity index (χ1v) is 7.58. The first-order chi connectivity index (χ1) is 6.95. The van der Waals surface area contributed by atoms with Crippen molar-refractivity contribution in [2.45, 2.75) is 64.8 Å². The summed E-state index contributed by atoms with van der Waals surface area (Å²) in [7, 11) is -0.722. The first-order valence-electron chi connectivity index (χ1n) is 6.09. The van der Waals surface area contributed by atoms with Gasteiger partial charge < -0.3 is 5.73 Å². The summed E-state index contributed by atoms with van der Waals surface area (Å²) < 4.78 is 11.6. The van der Waals surface area contributed by atoms with Crippen molar-refractivity contribution in [3.05, 3.63) is 0 Å². The quantitative estimate of drug-likeness (QED) is 0.622. The molecule has 0 fully saturated rings. The van der Waals surface area contributed by atoms with Crippen LogP contribution in [0.25, 0.3) is 0 Å². The minimum atomic E-state index is -0.722. The van der Waals surface area contributed by atoms with Crippen molar-refractivity contribution in [2.24, 2.45) is 5.73 Å². The second-order valence-corrected chi connectivity index (χ2v) is 6.62. The van der Waals surface area contributed by atoms with Crippen LogP contribution >= 0.6 is 0 Å². The van der Waals surface area contributed by atoms with Crippen LogP contribution in [0.5, 0.6) is 0 Å².